The number of pyridine rings is 2. The second kappa shape index (κ2) is 9.92. The molecule has 0 radical (unpaired) electrons. The molecule has 0 saturated heterocycles. The van der Waals surface area contributed by atoms with Crippen LogP contribution in [-0.2, 0) is 21.7 Å². The Kier molecular flexibility index (Phi) is 6.28. The topological polar surface area (TPSA) is 43.0 Å². The van der Waals surface area contributed by atoms with Crippen LogP contribution in [0.2, 0.25) is 0 Å². The summed E-state index contributed by atoms with van der Waals surface area (Å²) in [5, 5.41) is 7.41. The molecule has 0 unspecified atom stereocenters. The van der Waals surface area contributed by atoms with Crippen molar-refractivity contribution in [2.24, 2.45) is 0 Å². The third-order valence-electron chi connectivity index (χ3n) is 11.8. The molecule has 4 aromatic heterocycles. The predicted molar refractivity (Wildman–Crippen MR) is 223 cm³/mol. The van der Waals surface area contributed by atoms with Gasteiger partial charge in [-0.05, 0) is 105 Å². The predicted octanol–water partition coefficient (Wildman–Crippen LogP) is 11.9. The highest BCUT2D eigenvalue weighted by Gasteiger charge is 2.27. The van der Waals surface area contributed by atoms with Gasteiger partial charge in [-0.25, -0.2) is 0 Å². The maximum absolute atomic E-state index is 14.6. The molecular weight excluding hydrogens is 637 g/mol. The van der Waals surface area contributed by atoms with Crippen molar-refractivity contribution in [3.05, 3.63) is 115 Å². The molecule has 9 rings (SSSR count). The molecule has 0 aliphatic heterocycles. The molecule has 0 aliphatic rings. The lowest BCUT2D eigenvalue weighted by molar-refractivity contribution is 0.590. The van der Waals surface area contributed by atoms with Gasteiger partial charge < -0.3 is 8.80 Å². The van der Waals surface area contributed by atoms with Crippen LogP contribution < -0.4 is 10.9 Å². The Labute approximate surface area is 304 Å². The van der Waals surface area contributed by atoms with Gasteiger partial charge in [0.1, 0.15) is 0 Å². The highest BCUT2D eigenvalue weighted by atomic mass is 16.1. The number of rotatable bonds is 0. The number of fused-ring (bicyclic) bond motifs is 10. The smallest absolute Gasteiger partial charge is 0.197 e. The zero-order valence-corrected chi connectivity index (χ0v) is 32.6. The van der Waals surface area contributed by atoms with Gasteiger partial charge in [0.25, 0.3) is 0 Å². The van der Waals surface area contributed by atoms with Gasteiger partial charge in [0, 0.05) is 43.1 Å². The molecule has 5 aromatic carbocycles. The summed E-state index contributed by atoms with van der Waals surface area (Å²) in [7, 11) is 0. The van der Waals surface area contributed by atoms with E-state index >= 15 is 0 Å². The van der Waals surface area contributed by atoms with E-state index in [0.29, 0.717) is 0 Å². The summed E-state index contributed by atoms with van der Waals surface area (Å²) in [6, 6.07) is 26.4. The van der Waals surface area contributed by atoms with Crippen molar-refractivity contribution < 1.29 is 0 Å². The van der Waals surface area contributed by atoms with Crippen LogP contribution in [0.15, 0.2) is 82.4 Å². The lowest BCUT2D eigenvalue weighted by Crippen LogP contribution is -2.15. The molecule has 0 atom stereocenters. The fraction of sp³-hybridized carbons (Fsp3) is 0.333. The number of benzene rings is 5. The monoisotopic (exact) mass is 684 g/mol. The van der Waals surface area contributed by atoms with Gasteiger partial charge in [0.15, 0.2) is 10.9 Å². The lowest BCUT2D eigenvalue weighted by atomic mass is 9.84. The van der Waals surface area contributed by atoms with Crippen molar-refractivity contribution in [2.75, 3.05) is 0 Å². The Morgan fingerprint density at radius 3 is 0.962 bits per heavy atom. The minimum absolute atomic E-state index is 0.0861. The SMILES string of the molecule is CC(C)(C)c1ccc2c(c1)c(=O)c1cc(C(C)(C)C)cc3c4cc5c(cc4n2c13)c1cc(C(C)(C)C)cc2c(=O)c3cc(C(C)(C)C)ccc3n5c21. The molecule has 4 nitrogen and oxygen atoms in total. The van der Waals surface area contributed by atoms with E-state index in [9.17, 15) is 9.59 Å². The molecule has 0 fully saturated rings. The summed E-state index contributed by atoms with van der Waals surface area (Å²) in [4.78, 5) is 29.2. The van der Waals surface area contributed by atoms with Crippen LogP contribution in [-0.4, -0.2) is 8.80 Å². The van der Waals surface area contributed by atoms with Crippen LogP contribution in [0.25, 0.3) is 76.2 Å². The van der Waals surface area contributed by atoms with Gasteiger partial charge in [0.2, 0.25) is 0 Å². The minimum Gasteiger partial charge on any atom is -0.308 e. The minimum atomic E-state index is -0.158. The molecule has 0 aliphatic carbocycles. The van der Waals surface area contributed by atoms with E-state index in [1.54, 1.807) is 0 Å². The number of hydrogen-bond acceptors (Lipinski definition) is 2. The van der Waals surface area contributed by atoms with Gasteiger partial charge >= 0.3 is 0 Å². The third-order valence-corrected chi connectivity index (χ3v) is 11.8. The van der Waals surface area contributed by atoms with E-state index in [1.807, 2.05) is 0 Å². The quantitative estimate of drug-likeness (QED) is 0.149. The number of aromatic nitrogens is 2. The van der Waals surface area contributed by atoms with Crippen LogP contribution in [0.5, 0.6) is 0 Å². The summed E-state index contributed by atoms with van der Waals surface area (Å²) < 4.78 is 4.67. The standard InChI is InChI=1S/C48H48N2O2/c1-45(2,3)25-13-15-37-33(17-25)43(51)35-21-27(47(7,8)9)19-31-29-24-40-30(23-39(29)49(37)41(31)35)32-20-28(48(10,11)12)22-36-42(32)50(40)38-16-14-26(46(4,5)6)18-34(38)44(36)52/h13-24H,1-12H3. The van der Waals surface area contributed by atoms with Gasteiger partial charge in [-0.1, -0.05) is 95.2 Å². The van der Waals surface area contributed by atoms with Crippen molar-refractivity contribution in [3.63, 3.8) is 0 Å². The normalized spacial score (nSPS) is 13.9. The van der Waals surface area contributed by atoms with Crippen molar-refractivity contribution in [3.8, 4) is 0 Å². The molecule has 0 bridgehead atoms. The van der Waals surface area contributed by atoms with E-state index in [4.69, 9.17) is 0 Å². The third kappa shape index (κ3) is 4.39. The lowest BCUT2D eigenvalue weighted by Gasteiger charge is -2.21. The fourth-order valence-electron chi connectivity index (χ4n) is 8.54. The average Bonchev–Trinajstić information content (AvgIpc) is 3.55. The molecule has 0 N–H and O–H groups in total. The van der Waals surface area contributed by atoms with E-state index in [2.05, 4.69) is 165 Å². The Morgan fingerprint density at radius 2 is 0.635 bits per heavy atom. The average molecular weight is 685 g/mol. The molecule has 4 heteroatoms. The highest BCUT2D eigenvalue weighted by molar-refractivity contribution is 6.24. The number of hydrogen-bond donors (Lipinski definition) is 0. The van der Waals surface area contributed by atoms with Crippen LogP contribution >= 0.6 is 0 Å². The van der Waals surface area contributed by atoms with Crippen LogP contribution in [0, 0.1) is 0 Å². The van der Waals surface area contributed by atoms with E-state index < -0.39 is 0 Å². The first-order chi connectivity index (χ1) is 24.1. The van der Waals surface area contributed by atoms with Gasteiger partial charge in [-0.2, -0.15) is 0 Å². The summed E-state index contributed by atoms with van der Waals surface area (Å²) in [6.45, 7) is 26.5. The van der Waals surface area contributed by atoms with Crippen LogP contribution in [0.3, 0.4) is 0 Å². The largest absolute Gasteiger partial charge is 0.308 e. The Bertz CT molecular complexity index is 2910. The first-order valence-electron chi connectivity index (χ1n) is 18.7. The van der Waals surface area contributed by atoms with Crippen LogP contribution in [0.4, 0.5) is 0 Å². The zero-order chi connectivity index (χ0) is 37.2. The molecule has 262 valence electrons. The molecule has 0 saturated carbocycles. The van der Waals surface area contributed by atoms with Crippen molar-refractivity contribution in [1.29, 1.82) is 0 Å². The molecule has 4 heterocycles. The van der Waals surface area contributed by atoms with E-state index in [1.165, 1.54) is 0 Å². The molecule has 52 heavy (non-hydrogen) atoms. The van der Waals surface area contributed by atoms with Crippen LogP contribution in [0.1, 0.15) is 105 Å². The molecular formula is C48H48N2O2. The van der Waals surface area contributed by atoms with Crippen molar-refractivity contribution in [1.82, 2.24) is 8.80 Å². The molecule has 9 aromatic rings. The zero-order valence-electron chi connectivity index (χ0n) is 32.6. The summed E-state index contributed by atoms with van der Waals surface area (Å²) in [6.07, 6.45) is 0. The Morgan fingerprint density at radius 1 is 0.327 bits per heavy atom. The summed E-state index contributed by atoms with van der Waals surface area (Å²) >= 11 is 0. The molecule has 0 amide bonds. The van der Waals surface area contributed by atoms with Crippen molar-refractivity contribution in [2.45, 2.75) is 105 Å². The first kappa shape index (κ1) is 32.9. The molecule has 0 spiro atoms. The van der Waals surface area contributed by atoms with Gasteiger partial charge in [-0.3, -0.25) is 9.59 Å². The fourth-order valence-corrected chi connectivity index (χ4v) is 8.54. The first-order valence-corrected chi connectivity index (χ1v) is 18.7. The van der Waals surface area contributed by atoms with Crippen molar-refractivity contribution >= 4 is 76.2 Å². The Balaban J connectivity index is 1.56. The summed E-state index contributed by atoms with van der Waals surface area (Å²) in [5.74, 6) is 0. The highest BCUT2D eigenvalue weighted by Crippen LogP contribution is 2.43. The van der Waals surface area contributed by atoms with E-state index in [-0.39, 0.29) is 32.5 Å². The summed E-state index contributed by atoms with van der Waals surface area (Å²) in [5.41, 5.74) is 10.2. The maximum Gasteiger partial charge on any atom is 0.197 e. The number of nitrogens with zero attached hydrogens (tertiary/aromatic N) is 2. The van der Waals surface area contributed by atoms with E-state index in [0.717, 1.165) is 98.4 Å². The second-order valence-electron chi connectivity index (χ2n) is 19.5. The second-order valence-corrected chi connectivity index (χ2v) is 19.5. The maximum atomic E-state index is 14.6. The van der Waals surface area contributed by atoms with Gasteiger partial charge in [-0.15, -0.1) is 0 Å². The van der Waals surface area contributed by atoms with Gasteiger partial charge in [0.05, 0.1) is 33.1 Å². The Hall–Kier alpha value is -4.96.